The van der Waals surface area contributed by atoms with E-state index in [1.807, 2.05) is 0 Å². The molecule has 3 aromatic rings. The van der Waals surface area contributed by atoms with E-state index in [2.05, 4.69) is 96.1 Å². The molecule has 0 spiro atoms. The van der Waals surface area contributed by atoms with Crippen LogP contribution in [0.2, 0.25) is 0 Å². The van der Waals surface area contributed by atoms with Crippen LogP contribution in [0.15, 0.2) is 54.6 Å². The molecule has 0 radical (unpaired) electrons. The molecular weight excluding hydrogens is 400 g/mol. The molecule has 0 bridgehead atoms. The predicted octanol–water partition coefficient (Wildman–Crippen LogP) is 5.76. The van der Waals surface area contributed by atoms with E-state index in [-0.39, 0.29) is 0 Å². The number of halogens is 1. The maximum atomic E-state index is 7.91. The molecular formula is C28H35ClSi. The predicted molar refractivity (Wildman–Crippen MR) is 137 cm³/mol. The summed E-state index contributed by atoms with van der Waals surface area (Å²) in [4.78, 5) is 0. The summed E-state index contributed by atoms with van der Waals surface area (Å²) in [5.41, 5.74) is 8.10. The highest BCUT2D eigenvalue weighted by molar-refractivity contribution is 7.40. The minimum atomic E-state index is -2.66. The standard InChI is InChI=1S/C28H35ClSi/c1-7-22-14-23(8-2)17-27(16-22)30(29,26-12-20(5)11-21(6)13-26)28-18-24(9-3)15-25(10-4)19-28/h11-19H,7-10H2,1-6H3. The summed E-state index contributed by atoms with van der Waals surface area (Å²) in [7, 11) is -2.66. The highest BCUT2D eigenvalue weighted by Gasteiger charge is 2.39. The van der Waals surface area contributed by atoms with Crippen LogP contribution in [0.5, 0.6) is 0 Å². The van der Waals surface area contributed by atoms with Crippen LogP contribution >= 0.6 is 11.1 Å². The monoisotopic (exact) mass is 434 g/mol. The van der Waals surface area contributed by atoms with E-state index in [0.29, 0.717) is 0 Å². The second-order valence-electron chi connectivity index (χ2n) is 8.53. The summed E-state index contributed by atoms with van der Waals surface area (Å²) in [5.74, 6) is 0. The highest BCUT2D eigenvalue weighted by atomic mass is 35.6. The Labute approximate surface area is 189 Å². The van der Waals surface area contributed by atoms with E-state index >= 15 is 0 Å². The zero-order valence-electron chi connectivity index (χ0n) is 19.4. The van der Waals surface area contributed by atoms with Gasteiger partial charge in [0.1, 0.15) is 0 Å². The molecule has 3 aromatic carbocycles. The molecule has 0 N–H and O–H groups in total. The summed E-state index contributed by atoms with van der Waals surface area (Å²) < 4.78 is 0. The third kappa shape index (κ3) is 4.58. The van der Waals surface area contributed by atoms with Crippen LogP contribution in [0.25, 0.3) is 0 Å². The first kappa shape index (κ1) is 22.8. The Balaban J connectivity index is 2.38. The molecule has 30 heavy (non-hydrogen) atoms. The van der Waals surface area contributed by atoms with E-state index < -0.39 is 7.38 Å². The van der Waals surface area contributed by atoms with Crippen molar-refractivity contribution in [3.05, 3.63) is 88.0 Å². The second-order valence-corrected chi connectivity index (χ2v) is 13.3. The minimum Gasteiger partial charge on any atom is -0.149 e. The molecule has 0 unspecified atom stereocenters. The van der Waals surface area contributed by atoms with E-state index in [0.717, 1.165) is 25.7 Å². The van der Waals surface area contributed by atoms with Crippen LogP contribution in [-0.2, 0) is 25.7 Å². The first-order valence-electron chi connectivity index (χ1n) is 11.4. The average Bonchev–Trinajstić information content (AvgIpc) is 2.76. The van der Waals surface area contributed by atoms with Crippen molar-refractivity contribution in [1.82, 2.24) is 0 Å². The van der Waals surface area contributed by atoms with Crippen molar-refractivity contribution < 1.29 is 0 Å². The number of hydrogen-bond donors (Lipinski definition) is 0. The fraction of sp³-hybridized carbons (Fsp3) is 0.357. The summed E-state index contributed by atoms with van der Waals surface area (Å²) >= 11 is 7.91. The maximum Gasteiger partial charge on any atom is 0.247 e. The van der Waals surface area contributed by atoms with E-state index in [4.69, 9.17) is 11.1 Å². The third-order valence-electron chi connectivity index (χ3n) is 6.15. The van der Waals surface area contributed by atoms with Crippen LogP contribution < -0.4 is 15.6 Å². The van der Waals surface area contributed by atoms with Gasteiger partial charge in [0.25, 0.3) is 0 Å². The Bertz CT molecular complexity index is 915. The van der Waals surface area contributed by atoms with Gasteiger partial charge in [-0.25, -0.2) is 0 Å². The normalized spacial score (nSPS) is 11.7. The van der Waals surface area contributed by atoms with Gasteiger partial charge in [-0.2, -0.15) is 0 Å². The van der Waals surface area contributed by atoms with Gasteiger partial charge in [0, 0.05) is 0 Å². The molecule has 0 aliphatic rings. The Kier molecular flexibility index (Phi) is 7.26. The number of rotatable bonds is 7. The fourth-order valence-electron chi connectivity index (χ4n) is 4.41. The average molecular weight is 435 g/mol. The van der Waals surface area contributed by atoms with Gasteiger partial charge in [-0.1, -0.05) is 93.4 Å². The molecule has 0 saturated heterocycles. The lowest BCUT2D eigenvalue weighted by Crippen LogP contribution is -2.63. The summed E-state index contributed by atoms with van der Waals surface area (Å²) in [6.45, 7) is 13.3. The molecule has 0 nitrogen and oxygen atoms in total. The molecule has 2 heteroatoms. The quantitative estimate of drug-likeness (QED) is 0.252. The van der Waals surface area contributed by atoms with Crippen molar-refractivity contribution in [3.8, 4) is 0 Å². The van der Waals surface area contributed by atoms with Crippen molar-refractivity contribution in [2.75, 3.05) is 0 Å². The molecule has 3 rings (SSSR count). The van der Waals surface area contributed by atoms with Gasteiger partial charge >= 0.3 is 0 Å². The third-order valence-corrected chi connectivity index (χ3v) is 11.4. The highest BCUT2D eigenvalue weighted by Crippen LogP contribution is 2.19. The van der Waals surface area contributed by atoms with Crippen molar-refractivity contribution in [1.29, 1.82) is 0 Å². The maximum absolute atomic E-state index is 7.91. The van der Waals surface area contributed by atoms with Crippen molar-refractivity contribution in [2.45, 2.75) is 67.2 Å². The second kappa shape index (κ2) is 9.54. The van der Waals surface area contributed by atoms with Crippen molar-refractivity contribution in [2.24, 2.45) is 0 Å². The van der Waals surface area contributed by atoms with Gasteiger partial charge < -0.3 is 0 Å². The topological polar surface area (TPSA) is 0 Å². The lowest BCUT2D eigenvalue weighted by atomic mass is 10.1. The van der Waals surface area contributed by atoms with Gasteiger partial charge in [0.05, 0.1) is 0 Å². The van der Waals surface area contributed by atoms with Gasteiger partial charge in [-0.05, 0) is 77.3 Å². The van der Waals surface area contributed by atoms with Crippen LogP contribution in [0.1, 0.15) is 61.1 Å². The van der Waals surface area contributed by atoms with Gasteiger partial charge in [0.2, 0.25) is 7.38 Å². The largest absolute Gasteiger partial charge is 0.247 e. The number of benzene rings is 3. The summed E-state index contributed by atoms with van der Waals surface area (Å²) in [5, 5.41) is 3.94. The Morgan fingerprint density at radius 1 is 0.500 bits per heavy atom. The molecule has 158 valence electrons. The summed E-state index contributed by atoms with van der Waals surface area (Å²) in [6.07, 6.45) is 4.13. The van der Waals surface area contributed by atoms with Gasteiger partial charge in [-0.15, -0.1) is 11.1 Å². The first-order valence-corrected chi connectivity index (χ1v) is 14.4. The van der Waals surface area contributed by atoms with Crippen molar-refractivity contribution in [3.63, 3.8) is 0 Å². The lowest BCUT2D eigenvalue weighted by molar-refractivity contribution is 1.09. The smallest absolute Gasteiger partial charge is 0.149 e. The number of aryl methyl sites for hydroxylation is 6. The molecule has 0 heterocycles. The summed E-state index contributed by atoms with van der Waals surface area (Å²) in [6, 6.07) is 21.1. The van der Waals surface area contributed by atoms with Crippen LogP contribution in [0, 0.1) is 13.8 Å². The molecule has 0 atom stereocenters. The SMILES string of the molecule is CCc1cc(CC)cc([Si](Cl)(c2cc(C)cc(C)c2)c2cc(CC)cc(CC)c2)c1. The molecule has 0 fully saturated rings. The van der Waals surface area contributed by atoms with Crippen LogP contribution in [0.4, 0.5) is 0 Å². The first-order chi connectivity index (χ1) is 14.3. The number of hydrogen-bond acceptors (Lipinski definition) is 0. The molecule has 0 aromatic heterocycles. The molecule has 0 amide bonds. The van der Waals surface area contributed by atoms with Crippen molar-refractivity contribution >= 4 is 34.0 Å². The zero-order chi connectivity index (χ0) is 21.9. The van der Waals surface area contributed by atoms with E-state index in [1.54, 1.807) is 0 Å². The molecule has 0 aliphatic carbocycles. The molecule has 0 saturated carbocycles. The Hall–Kier alpha value is -1.83. The van der Waals surface area contributed by atoms with Crippen LogP contribution in [0.3, 0.4) is 0 Å². The lowest BCUT2D eigenvalue weighted by Gasteiger charge is -2.29. The zero-order valence-corrected chi connectivity index (χ0v) is 21.2. The Morgan fingerprint density at radius 2 is 0.800 bits per heavy atom. The van der Waals surface area contributed by atoms with E-state index in [9.17, 15) is 0 Å². The van der Waals surface area contributed by atoms with Gasteiger partial charge in [0.15, 0.2) is 0 Å². The van der Waals surface area contributed by atoms with Crippen LogP contribution in [-0.4, -0.2) is 7.38 Å². The van der Waals surface area contributed by atoms with E-state index in [1.165, 1.54) is 48.9 Å². The van der Waals surface area contributed by atoms with Gasteiger partial charge in [-0.3, -0.25) is 0 Å². The fourth-order valence-corrected chi connectivity index (χ4v) is 8.79. The minimum absolute atomic E-state index is 1.03. The Morgan fingerprint density at radius 3 is 1.10 bits per heavy atom. The molecule has 0 aliphatic heterocycles.